The number of hydrogen-bond acceptors (Lipinski definition) is 4. The standard InChI is InChI=1S/C22H18O4/c1-2-14-3-5-15(6-4-14)11-18(16-7-9-19(23)21(25)12-16)17-8-10-20(24)22(26)13-17/h2-13,23-26H,1H2. The second-order valence-corrected chi connectivity index (χ2v) is 5.84. The van der Waals surface area contributed by atoms with Crippen molar-refractivity contribution >= 4 is 17.7 Å². The fraction of sp³-hybridized carbons (Fsp3) is 0. The molecule has 0 aromatic heterocycles. The summed E-state index contributed by atoms with van der Waals surface area (Å²) in [5.74, 6) is -0.897. The molecule has 3 aromatic carbocycles. The van der Waals surface area contributed by atoms with E-state index in [1.807, 2.05) is 30.3 Å². The molecule has 0 heterocycles. The lowest BCUT2D eigenvalue weighted by Crippen LogP contribution is -1.89. The van der Waals surface area contributed by atoms with Crippen molar-refractivity contribution in [3.8, 4) is 23.0 Å². The van der Waals surface area contributed by atoms with Gasteiger partial charge in [-0.1, -0.05) is 49.1 Å². The van der Waals surface area contributed by atoms with Crippen LogP contribution in [0.3, 0.4) is 0 Å². The molecule has 130 valence electrons. The second kappa shape index (κ2) is 7.07. The average molecular weight is 346 g/mol. The van der Waals surface area contributed by atoms with Gasteiger partial charge < -0.3 is 20.4 Å². The van der Waals surface area contributed by atoms with Crippen molar-refractivity contribution in [3.63, 3.8) is 0 Å². The van der Waals surface area contributed by atoms with Gasteiger partial charge in [-0.25, -0.2) is 0 Å². The van der Waals surface area contributed by atoms with Crippen LogP contribution < -0.4 is 0 Å². The Morgan fingerprint density at radius 2 is 1.08 bits per heavy atom. The first-order chi connectivity index (χ1) is 12.5. The SMILES string of the molecule is C=Cc1ccc(C=C(c2ccc(O)c(O)c2)c2ccc(O)c(O)c2)cc1. The molecule has 0 saturated heterocycles. The van der Waals surface area contributed by atoms with Gasteiger partial charge in [0, 0.05) is 0 Å². The lowest BCUT2D eigenvalue weighted by atomic mass is 9.94. The summed E-state index contributed by atoms with van der Waals surface area (Å²) >= 11 is 0. The Balaban J connectivity index is 2.16. The van der Waals surface area contributed by atoms with Crippen LogP contribution in [-0.2, 0) is 0 Å². The highest BCUT2D eigenvalue weighted by atomic mass is 16.3. The zero-order chi connectivity index (χ0) is 18.7. The predicted octanol–water partition coefficient (Wildman–Crippen LogP) is 4.74. The molecule has 0 unspecified atom stereocenters. The van der Waals surface area contributed by atoms with E-state index in [1.54, 1.807) is 18.2 Å². The molecule has 0 saturated carbocycles. The van der Waals surface area contributed by atoms with E-state index in [0.717, 1.165) is 11.1 Å². The zero-order valence-electron chi connectivity index (χ0n) is 13.9. The molecular formula is C22H18O4. The molecule has 0 amide bonds. The maximum atomic E-state index is 9.85. The fourth-order valence-corrected chi connectivity index (χ4v) is 2.61. The quantitative estimate of drug-likeness (QED) is 0.406. The second-order valence-electron chi connectivity index (χ2n) is 5.84. The van der Waals surface area contributed by atoms with E-state index >= 15 is 0 Å². The third-order valence-corrected chi connectivity index (χ3v) is 4.06. The van der Waals surface area contributed by atoms with Crippen LogP contribution in [0.2, 0.25) is 0 Å². The van der Waals surface area contributed by atoms with Gasteiger partial charge in [-0.2, -0.15) is 0 Å². The Kier molecular flexibility index (Phi) is 4.67. The molecule has 0 aliphatic heterocycles. The Hall–Kier alpha value is -3.66. The smallest absolute Gasteiger partial charge is 0.158 e. The highest BCUT2D eigenvalue weighted by Gasteiger charge is 2.11. The van der Waals surface area contributed by atoms with Crippen LogP contribution in [0.25, 0.3) is 17.7 Å². The highest BCUT2D eigenvalue weighted by Crippen LogP contribution is 2.35. The number of hydrogen-bond donors (Lipinski definition) is 4. The van der Waals surface area contributed by atoms with Crippen molar-refractivity contribution in [2.45, 2.75) is 0 Å². The number of phenols is 4. The van der Waals surface area contributed by atoms with Gasteiger partial charge in [0.05, 0.1) is 0 Å². The van der Waals surface area contributed by atoms with Crippen LogP contribution >= 0.6 is 0 Å². The summed E-state index contributed by atoms with van der Waals surface area (Å²) in [6.45, 7) is 3.73. The topological polar surface area (TPSA) is 80.9 Å². The normalized spacial score (nSPS) is 10.3. The predicted molar refractivity (Wildman–Crippen MR) is 103 cm³/mol. The van der Waals surface area contributed by atoms with Crippen molar-refractivity contribution in [1.82, 2.24) is 0 Å². The minimum Gasteiger partial charge on any atom is -0.504 e. The van der Waals surface area contributed by atoms with E-state index in [1.165, 1.54) is 24.3 Å². The summed E-state index contributed by atoms with van der Waals surface area (Å²) in [5.41, 5.74) is 3.91. The molecule has 4 heteroatoms. The summed E-state index contributed by atoms with van der Waals surface area (Å²) < 4.78 is 0. The van der Waals surface area contributed by atoms with Crippen molar-refractivity contribution in [2.75, 3.05) is 0 Å². The molecule has 0 aliphatic rings. The van der Waals surface area contributed by atoms with Crippen molar-refractivity contribution < 1.29 is 20.4 Å². The van der Waals surface area contributed by atoms with Gasteiger partial charge in [0.2, 0.25) is 0 Å². The minimum absolute atomic E-state index is 0.211. The van der Waals surface area contributed by atoms with Crippen molar-refractivity contribution in [2.24, 2.45) is 0 Å². The van der Waals surface area contributed by atoms with Crippen molar-refractivity contribution in [3.05, 3.63) is 89.5 Å². The lowest BCUT2D eigenvalue weighted by molar-refractivity contribution is 0.403. The Morgan fingerprint density at radius 3 is 1.50 bits per heavy atom. The third kappa shape index (κ3) is 3.54. The number of aromatic hydroxyl groups is 4. The summed E-state index contributed by atoms with van der Waals surface area (Å²) in [4.78, 5) is 0. The molecule has 4 N–H and O–H groups in total. The van der Waals surface area contributed by atoms with E-state index in [2.05, 4.69) is 6.58 Å². The summed E-state index contributed by atoms with van der Waals surface area (Å²) in [5, 5.41) is 38.8. The van der Waals surface area contributed by atoms with E-state index < -0.39 is 0 Å². The number of benzene rings is 3. The van der Waals surface area contributed by atoms with Crippen LogP contribution in [0.15, 0.2) is 67.2 Å². The number of rotatable bonds is 4. The third-order valence-electron chi connectivity index (χ3n) is 4.06. The minimum atomic E-state index is -0.238. The molecule has 3 aromatic rings. The first kappa shape index (κ1) is 17.2. The zero-order valence-corrected chi connectivity index (χ0v) is 13.9. The Bertz CT molecular complexity index is 932. The largest absolute Gasteiger partial charge is 0.504 e. The van der Waals surface area contributed by atoms with Crippen molar-refractivity contribution in [1.29, 1.82) is 0 Å². The van der Waals surface area contributed by atoms with Crippen LogP contribution in [0.4, 0.5) is 0 Å². The van der Waals surface area contributed by atoms with E-state index in [-0.39, 0.29) is 23.0 Å². The Morgan fingerprint density at radius 1 is 0.615 bits per heavy atom. The van der Waals surface area contributed by atoms with Crippen LogP contribution in [0.5, 0.6) is 23.0 Å². The first-order valence-electron chi connectivity index (χ1n) is 7.97. The van der Waals surface area contributed by atoms with E-state index in [9.17, 15) is 20.4 Å². The summed E-state index contributed by atoms with van der Waals surface area (Å²) in [7, 11) is 0. The van der Waals surface area contributed by atoms with Gasteiger partial charge in [-0.15, -0.1) is 0 Å². The van der Waals surface area contributed by atoms with E-state index in [0.29, 0.717) is 16.7 Å². The molecule has 0 radical (unpaired) electrons. The molecule has 0 atom stereocenters. The van der Waals surface area contributed by atoms with Gasteiger partial charge in [-0.05, 0) is 58.2 Å². The molecule has 4 nitrogen and oxygen atoms in total. The van der Waals surface area contributed by atoms with Gasteiger partial charge in [0.25, 0.3) is 0 Å². The first-order valence-corrected chi connectivity index (χ1v) is 7.97. The van der Waals surface area contributed by atoms with Crippen LogP contribution in [0, 0.1) is 0 Å². The monoisotopic (exact) mass is 346 g/mol. The molecule has 0 bridgehead atoms. The van der Waals surface area contributed by atoms with Gasteiger partial charge in [-0.3, -0.25) is 0 Å². The molecular weight excluding hydrogens is 328 g/mol. The molecule has 0 aliphatic carbocycles. The molecule has 26 heavy (non-hydrogen) atoms. The van der Waals surface area contributed by atoms with Gasteiger partial charge in [0.1, 0.15) is 0 Å². The summed E-state index contributed by atoms with van der Waals surface area (Å²) in [6, 6.07) is 16.8. The van der Waals surface area contributed by atoms with E-state index in [4.69, 9.17) is 0 Å². The molecule has 0 spiro atoms. The maximum absolute atomic E-state index is 9.85. The Labute approximate surface area is 151 Å². The van der Waals surface area contributed by atoms with Crippen LogP contribution in [-0.4, -0.2) is 20.4 Å². The summed E-state index contributed by atoms with van der Waals surface area (Å²) in [6.07, 6.45) is 3.65. The molecule has 3 rings (SSSR count). The van der Waals surface area contributed by atoms with Gasteiger partial charge in [0.15, 0.2) is 23.0 Å². The molecule has 0 fully saturated rings. The van der Waals surface area contributed by atoms with Gasteiger partial charge >= 0.3 is 0 Å². The number of phenolic OH excluding ortho intramolecular Hbond substituents is 4. The lowest BCUT2D eigenvalue weighted by Gasteiger charge is -2.11. The maximum Gasteiger partial charge on any atom is 0.158 e. The van der Waals surface area contributed by atoms with Crippen LogP contribution in [0.1, 0.15) is 22.3 Å². The highest BCUT2D eigenvalue weighted by molar-refractivity contribution is 5.92. The average Bonchev–Trinajstić information content (AvgIpc) is 2.65. The fourth-order valence-electron chi connectivity index (χ4n) is 2.61.